The fraction of sp³-hybridized carbons (Fsp3) is 0.857. The van der Waals surface area contributed by atoms with Gasteiger partial charge >= 0.3 is 5.97 Å². The fourth-order valence-corrected chi connectivity index (χ4v) is 2.50. The zero-order chi connectivity index (χ0) is 16.0. The number of methoxy groups -OCH3 is 1. The highest BCUT2D eigenvalue weighted by Gasteiger charge is 2.27. The molecule has 1 aliphatic heterocycles. The van der Waals surface area contributed by atoms with E-state index in [1.807, 2.05) is 0 Å². The first-order valence-corrected chi connectivity index (χ1v) is 7.23. The number of carbonyl (C=O) groups is 2. The zero-order valence-electron chi connectivity index (χ0n) is 13.4. The zero-order valence-corrected chi connectivity index (χ0v) is 13.4. The van der Waals surface area contributed by atoms with Crippen molar-refractivity contribution in [3.05, 3.63) is 0 Å². The fourth-order valence-electron chi connectivity index (χ4n) is 2.50. The Labute approximate surface area is 126 Å². The molecule has 0 radical (unpaired) electrons. The van der Waals surface area contributed by atoms with Crippen molar-refractivity contribution in [2.45, 2.75) is 32.4 Å². The number of aliphatic hydroxyl groups is 1. The van der Waals surface area contributed by atoms with E-state index < -0.39 is 17.6 Å². The van der Waals surface area contributed by atoms with Crippen molar-refractivity contribution in [1.82, 2.24) is 15.1 Å². The van der Waals surface area contributed by atoms with Crippen LogP contribution in [-0.2, 0) is 14.3 Å². The summed E-state index contributed by atoms with van der Waals surface area (Å²) in [7, 11) is 1.32. The largest absolute Gasteiger partial charge is 0.467 e. The van der Waals surface area contributed by atoms with Crippen LogP contribution in [0, 0.1) is 0 Å². The van der Waals surface area contributed by atoms with Crippen LogP contribution in [0.2, 0.25) is 0 Å². The van der Waals surface area contributed by atoms with Gasteiger partial charge in [0.05, 0.1) is 12.7 Å². The van der Waals surface area contributed by atoms with Gasteiger partial charge in [-0.3, -0.25) is 14.6 Å². The molecule has 0 bridgehead atoms. The molecule has 0 spiro atoms. The van der Waals surface area contributed by atoms with E-state index in [4.69, 9.17) is 4.74 Å². The first-order valence-electron chi connectivity index (χ1n) is 7.23. The van der Waals surface area contributed by atoms with E-state index in [9.17, 15) is 14.7 Å². The Morgan fingerprint density at radius 1 is 1.24 bits per heavy atom. The van der Waals surface area contributed by atoms with Crippen LogP contribution in [0.25, 0.3) is 0 Å². The average Bonchev–Trinajstić information content (AvgIpc) is 2.37. The lowest BCUT2D eigenvalue weighted by molar-refractivity contribution is -0.145. The molecule has 7 heteroatoms. The lowest BCUT2D eigenvalue weighted by atomic mass is 10.1. The number of piperazine rings is 1. The third kappa shape index (κ3) is 6.88. The van der Waals surface area contributed by atoms with Crippen LogP contribution < -0.4 is 5.32 Å². The van der Waals surface area contributed by atoms with Gasteiger partial charge in [0.15, 0.2) is 0 Å². The molecule has 1 amide bonds. The predicted octanol–water partition coefficient (Wildman–Crippen LogP) is -0.947. The molecular weight excluding hydrogens is 274 g/mol. The summed E-state index contributed by atoms with van der Waals surface area (Å²) in [6, 6.07) is -0.631. The number of hydrogen-bond donors (Lipinski definition) is 2. The minimum Gasteiger partial charge on any atom is -0.467 e. The molecule has 7 nitrogen and oxygen atoms in total. The molecule has 1 unspecified atom stereocenters. The quantitative estimate of drug-likeness (QED) is 0.616. The van der Waals surface area contributed by atoms with Crippen LogP contribution in [0.4, 0.5) is 0 Å². The molecule has 21 heavy (non-hydrogen) atoms. The molecule has 1 atom stereocenters. The predicted molar refractivity (Wildman–Crippen MR) is 78.8 cm³/mol. The molecule has 0 aromatic carbocycles. The monoisotopic (exact) mass is 301 g/mol. The summed E-state index contributed by atoms with van der Waals surface area (Å²) in [4.78, 5) is 27.1. The maximum atomic E-state index is 11.7. The highest BCUT2D eigenvalue weighted by molar-refractivity contribution is 5.83. The molecule has 1 rings (SSSR count). The Morgan fingerprint density at radius 3 is 2.19 bits per heavy atom. The number of esters is 1. The number of amides is 1. The van der Waals surface area contributed by atoms with Crippen LogP contribution in [0.3, 0.4) is 0 Å². The second-order valence-corrected chi connectivity index (χ2v) is 6.17. The van der Waals surface area contributed by atoms with Crippen molar-refractivity contribution in [2.24, 2.45) is 0 Å². The minimum atomic E-state index is -0.701. The van der Waals surface area contributed by atoms with Crippen LogP contribution in [-0.4, -0.2) is 84.8 Å². The Hall–Kier alpha value is -1.18. The average molecular weight is 301 g/mol. The van der Waals surface area contributed by atoms with Crippen LogP contribution in [0.5, 0.6) is 0 Å². The summed E-state index contributed by atoms with van der Waals surface area (Å²) < 4.78 is 4.72. The summed E-state index contributed by atoms with van der Waals surface area (Å²) in [5, 5.41) is 12.4. The Kier molecular flexibility index (Phi) is 6.57. The van der Waals surface area contributed by atoms with Crippen LogP contribution in [0.1, 0.15) is 20.8 Å². The molecule has 1 heterocycles. The van der Waals surface area contributed by atoms with Gasteiger partial charge in [-0.1, -0.05) is 0 Å². The second-order valence-electron chi connectivity index (χ2n) is 6.17. The van der Waals surface area contributed by atoms with E-state index in [1.54, 1.807) is 13.8 Å². The number of nitrogens with one attached hydrogen (secondary N) is 1. The molecule has 0 aromatic heterocycles. The summed E-state index contributed by atoms with van der Waals surface area (Å²) in [6.45, 7) is 9.31. The van der Waals surface area contributed by atoms with E-state index in [2.05, 4.69) is 15.1 Å². The van der Waals surface area contributed by atoms with E-state index >= 15 is 0 Å². The lowest BCUT2D eigenvalue weighted by Gasteiger charge is -2.38. The summed E-state index contributed by atoms with van der Waals surface area (Å²) in [5.74, 6) is -0.671. The van der Waals surface area contributed by atoms with Crippen molar-refractivity contribution in [2.75, 3.05) is 46.4 Å². The van der Waals surface area contributed by atoms with Gasteiger partial charge in [0.2, 0.25) is 5.91 Å². The van der Waals surface area contributed by atoms with E-state index in [1.165, 1.54) is 14.0 Å². The van der Waals surface area contributed by atoms with Crippen molar-refractivity contribution >= 4 is 11.9 Å². The molecule has 122 valence electrons. The van der Waals surface area contributed by atoms with Crippen LogP contribution >= 0.6 is 0 Å². The van der Waals surface area contributed by atoms with E-state index in [-0.39, 0.29) is 5.91 Å². The van der Waals surface area contributed by atoms with Gasteiger partial charge in [-0.25, -0.2) is 4.79 Å². The molecule has 0 aromatic rings. The molecule has 2 N–H and O–H groups in total. The topological polar surface area (TPSA) is 82.1 Å². The third-order valence-electron chi connectivity index (χ3n) is 3.38. The highest BCUT2D eigenvalue weighted by Crippen LogP contribution is 2.09. The molecule has 1 saturated heterocycles. The van der Waals surface area contributed by atoms with Gasteiger partial charge in [-0.05, 0) is 13.8 Å². The smallest absolute Gasteiger partial charge is 0.329 e. The number of hydrogen-bond acceptors (Lipinski definition) is 6. The molecule has 0 aliphatic carbocycles. The standard InChI is InChI=1S/C14H27N3O4/c1-11(18)15-12(13(19)21-4)9-16-5-7-17(8-6-16)10-14(2,3)20/h12,20H,5-10H2,1-4H3,(H,15,18). The maximum absolute atomic E-state index is 11.7. The number of nitrogens with zero attached hydrogens (tertiary/aromatic N) is 2. The Balaban J connectivity index is 2.45. The third-order valence-corrected chi connectivity index (χ3v) is 3.38. The van der Waals surface area contributed by atoms with Gasteiger partial charge in [0.1, 0.15) is 6.04 Å². The SMILES string of the molecule is COC(=O)C(CN1CCN(CC(C)(C)O)CC1)NC(C)=O. The molecule has 1 fully saturated rings. The van der Waals surface area contributed by atoms with Gasteiger partial charge in [-0.15, -0.1) is 0 Å². The lowest BCUT2D eigenvalue weighted by Crippen LogP contribution is -2.55. The van der Waals surface area contributed by atoms with E-state index in [0.29, 0.717) is 13.1 Å². The second kappa shape index (κ2) is 7.72. The van der Waals surface area contributed by atoms with Gasteiger partial charge in [0.25, 0.3) is 0 Å². The highest BCUT2D eigenvalue weighted by atomic mass is 16.5. The van der Waals surface area contributed by atoms with Crippen molar-refractivity contribution in [3.8, 4) is 0 Å². The molecule has 0 saturated carbocycles. The Bertz CT molecular complexity index is 360. The summed E-state index contributed by atoms with van der Waals surface area (Å²) >= 11 is 0. The van der Waals surface area contributed by atoms with Gasteiger partial charge in [-0.2, -0.15) is 0 Å². The van der Waals surface area contributed by atoms with Crippen molar-refractivity contribution < 1.29 is 19.4 Å². The van der Waals surface area contributed by atoms with Gasteiger partial charge < -0.3 is 15.2 Å². The maximum Gasteiger partial charge on any atom is 0.329 e. The Morgan fingerprint density at radius 2 is 1.76 bits per heavy atom. The van der Waals surface area contributed by atoms with Crippen molar-refractivity contribution in [3.63, 3.8) is 0 Å². The first-order chi connectivity index (χ1) is 9.71. The normalized spacial score (nSPS) is 19.1. The first kappa shape index (κ1) is 17.9. The van der Waals surface area contributed by atoms with Crippen molar-refractivity contribution in [1.29, 1.82) is 0 Å². The number of ether oxygens (including phenoxy) is 1. The van der Waals surface area contributed by atoms with E-state index in [0.717, 1.165) is 26.2 Å². The molecular formula is C14H27N3O4. The number of rotatable bonds is 6. The van der Waals surface area contributed by atoms with Crippen LogP contribution in [0.15, 0.2) is 0 Å². The summed E-state index contributed by atoms with van der Waals surface area (Å²) in [6.07, 6.45) is 0. The molecule has 1 aliphatic rings. The minimum absolute atomic E-state index is 0.244. The van der Waals surface area contributed by atoms with Gasteiger partial charge in [0, 0.05) is 46.2 Å². The summed E-state index contributed by atoms with van der Waals surface area (Å²) in [5.41, 5.74) is -0.701. The number of carbonyl (C=O) groups excluding carboxylic acids is 2. The number of β-amino-alcohol motifs (C(OH)–C–C–N with tert-alkyl or cyclic N) is 1.